The van der Waals surface area contributed by atoms with Gasteiger partial charge in [-0.05, 0) is 43.1 Å². The van der Waals surface area contributed by atoms with E-state index in [2.05, 4.69) is 26.3 Å². The smallest absolute Gasteiger partial charge is 0.244 e. The average molecular weight is 288 g/mol. The SMILES string of the molecule is CCC(C)NC(=O)C(C)n1ncc(Br)c1C. The zero-order valence-corrected chi connectivity index (χ0v) is 11.7. The van der Waals surface area contributed by atoms with Crippen LogP contribution in [-0.2, 0) is 4.79 Å². The summed E-state index contributed by atoms with van der Waals surface area (Å²) in [6.45, 7) is 7.83. The molecule has 2 atom stereocenters. The van der Waals surface area contributed by atoms with Crippen LogP contribution in [0.5, 0.6) is 0 Å². The third kappa shape index (κ3) is 2.84. The van der Waals surface area contributed by atoms with Gasteiger partial charge in [0.1, 0.15) is 6.04 Å². The van der Waals surface area contributed by atoms with Gasteiger partial charge < -0.3 is 5.32 Å². The molecule has 0 aliphatic rings. The molecule has 90 valence electrons. The third-order valence-electron chi connectivity index (χ3n) is 2.73. The summed E-state index contributed by atoms with van der Waals surface area (Å²) in [7, 11) is 0. The number of carbonyl (C=O) groups is 1. The zero-order chi connectivity index (χ0) is 12.3. The van der Waals surface area contributed by atoms with Crippen molar-refractivity contribution >= 4 is 21.8 Å². The van der Waals surface area contributed by atoms with Crippen molar-refractivity contribution in [2.45, 2.75) is 46.2 Å². The lowest BCUT2D eigenvalue weighted by Crippen LogP contribution is -2.37. The van der Waals surface area contributed by atoms with Crippen LogP contribution in [0.4, 0.5) is 0 Å². The van der Waals surface area contributed by atoms with E-state index >= 15 is 0 Å². The topological polar surface area (TPSA) is 46.9 Å². The van der Waals surface area contributed by atoms with Crippen LogP contribution in [0.25, 0.3) is 0 Å². The van der Waals surface area contributed by atoms with Gasteiger partial charge in [-0.2, -0.15) is 5.10 Å². The number of amides is 1. The molecule has 1 aromatic rings. The first-order valence-corrected chi connectivity index (χ1v) is 6.26. The standard InChI is InChI=1S/C11H18BrN3O/c1-5-7(2)14-11(16)9(4)15-8(3)10(12)6-13-15/h6-7,9H,5H2,1-4H3,(H,14,16). The molecule has 0 aromatic carbocycles. The van der Waals surface area contributed by atoms with Crippen molar-refractivity contribution < 1.29 is 4.79 Å². The Labute approximate surface area is 105 Å². The number of carbonyl (C=O) groups excluding carboxylic acids is 1. The normalized spacial score (nSPS) is 14.6. The van der Waals surface area contributed by atoms with E-state index in [1.165, 1.54) is 0 Å². The van der Waals surface area contributed by atoms with Crippen molar-refractivity contribution in [3.05, 3.63) is 16.4 Å². The quantitative estimate of drug-likeness (QED) is 0.925. The molecule has 0 bridgehead atoms. The molecule has 1 aromatic heterocycles. The first-order valence-electron chi connectivity index (χ1n) is 5.47. The van der Waals surface area contributed by atoms with E-state index in [1.54, 1.807) is 10.9 Å². The van der Waals surface area contributed by atoms with Gasteiger partial charge in [0.05, 0.1) is 16.4 Å². The molecule has 1 amide bonds. The number of aromatic nitrogens is 2. The van der Waals surface area contributed by atoms with E-state index in [4.69, 9.17) is 0 Å². The molecule has 0 radical (unpaired) electrons. The van der Waals surface area contributed by atoms with Crippen molar-refractivity contribution in [3.63, 3.8) is 0 Å². The second kappa shape index (κ2) is 5.48. The first kappa shape index (κ1) is 13.2. The van der Waals surface area contributed by atoms with E-state index in [9.17, 15) is 4.79 Å². The number of halogens is 1. The van der Waals surface area contributed by atoms with Crippen LogP contribution in [0.1, 0.15) is 38.9 Å². The van der Waals surface area contributed by atoms with E-state index in [0.717, 1.165) is 16.6 Å². The van der Waals surface area contributed by atoms with Gasteiger partial charge >= 0.3 is 0 Å². The zero-order valence-electron chi connectivity index (χ0n) is 10.1. The minimum absolute atomic E-state index is 0.00745. The predicted molar refractivity (Wildman–Crippen MR) is 67.3 cm³/mol. The molecule has 16 heavy (non-hydrogen) atoms. The van der Waals surface area contributed by atoms with E-state index < -0.39 is 0 Å². The fourth-order valence-corrected chi connectivity index (χ4v) is 1.64. The van der Waals surface area contributed by atoms with Gasteiger partial charge in [0.2, 0.25) is 5.91 Å². The minimum atomic E-state index is -0.278. The molecule has 1 heterocycles. The lowest BCUT2D eigenvalue weighted by molar-refractivity contribution is -0.124. The molecule has 0 fully saturated rings. The minimum Gasteiger partial charge on any atom is -0.352 e. The van der Waals surface area contributed by atoms with Gasteiger partial charge in [0.25, 0.3) is 0 Å². The Hall–Kier alpha value is -0.840. The summed E-state index contributed by atoms with van der Waals surface area (Å²) >= 11 is 3.38. The molecule has 0 aliphatic carbocycles. The van der Waals surface area contributed by atoms with Crippen molar-refractivity contribution in [1.82, 2.24) is 15.1 Å². The molecular formula is C11H18BrN3O. The van der Waals surface area contributed by atoms with E-state index in [0.29, 0.717) is 0 Å². The monoisotopic (exact) mass is 287 g/mol. The van der Waals surface area contributed by atoms with Crippen LogP contribution < -0.4 is 5.32 Å². The number of nitrogens with zero attached hydrogens (tertiary/aromatic N) is 2. The van der Waals surface area contributed by atoms with Crippen molar-refractivity contribution in [2.24, 2.45) is 0 Å². The number of nitrogens with one attached hydrogen (secondary N) is 1. The van der Waals surface area contributed by atoms with Crippen molar-refractivity contribution in [3.8, 4) is 0 Å². The summed E-state index contributed by atoms with van der Waals surface area (Å²) in [4.78, 5) is 11.9. The van der Waals surface area contributed by atoms with E-state index in [1.807, 2.05) is 27.7 Å². The van der Waals surface area contributed by atoms with Crippen LogP contribution in [0, 0.1) is 6.92 Å². The lowest BCUT2D eigenvalue weighted by Gasteiger charge is -2.17. The van der Waals surface area contributed by atoms with Gasteiger partial charge in [0, 0.05) is 6.04 Å². The summed E-state index contributed by atoms with van der Waals surface area (Å²) in [5.74, 6) is 0.00745. The van der Waals surface area contributed by atoms with Crippen LogP contribution in [0.3, 0.4) is 0 Å². The Morgan fingerprint density at radius 2 is 2.25 bits per heavy atom. The Kier molecular flexibility index (Phi) is 4.53. The summed E-state index contributed by atoms with van der Waals surface area (Å²) in [6, 6.07) is -0.0745. The van der Waals surface area contributed by atoms with Gasteiger partial charge in [-0.15, -0.1) is 0 Å². The maximum Gasteiger partial charge on any atom is 0.244 e. The fourth-order valence-electron chi connectivity index (χ4n) is 1.37. The highest BCUT2D eigenvalue weighted by atomic mass is 79.9. The predicted octanol–water partition coefficient (Wildman–Crippen LogP) is 2.43. The summed E-state index contributed by atoms with van der Waals surface area (Å²) in [5.41, 5.74) is 0.965. The Balaban J connectivity index is 2.74. The Morgan fingerprint density at radius 1 is 1.62 bits per heavy atom. The van der Waals surface area contributed by atoms with Crippen LogP contribution >= 0.6 is 15.9 Å². The second-order valence-corrected chi connectivity index (χ2v) is 4.87. The van der Waals surface area contributed by atoms with Crippen LogP contribution in [-0.4, -0.2) is 21.7 Å². The first-order chi connectivity index (χ1) is 7.47. The van der Waals surface area contributed by atoms with Gasteiger partial charge in [-0.1, -0.05) is 6.92 Å². The van der Waals surface area contributed by atoms with Crippen molar-refractivity contribution in [2.75, 3.05) is 0 Å². The number of hydrogen-bond donors (Lipinski definition) is 1. The average Bonchev–Trinajstić information content (AvgIpc) is 2.58. The fraction of sp³-hybridized carbons (Fsp3) is 0.636. The molecule has 0 aliphatic heterocycles. The highest BCUT2D eigenvalue weighted by Gasteiger charge is 2.19. The largest absolute Gasteiger partial charge is 0.352 e. The molecule has 1 rings (SSSR count). The molecule has 0 saturated heterocycles. The van der Waals surface area contributed by atoms with Gasteiger partial charge in [-0.3, -0.25) is 9.48 Å². The van der Waals surface area contributed by atoms with E-state index in [-0.39, 0.29) is 18.0 Å². The lowest BCUT2D eigenvalue weighted by atomic mass is 10.2. The molecule has 0 spiro atoms. The molecular weight excluding hydrogens is 270 g/mol. The molecule has 4 nitrogen and oxygen atoms in total. The van der Waals surface area contributed by atoms with Crippen LogP contribution in [0.2, 0.25) is 0 Å². The van der Waals surface area contributed by atoms with Crippen molar-refractivity contribution in [1.29, 1.82) is 0 Å². The summed E-state index contributed by atoms with van der Waals surface area (Å²) in [6.07, 6.45) is 2.64. The Bertz CT molecular complexity index is 375. The maximum absolute atomic E-state index is 11.9. The highest BCUT2D eigenvalue weighted by Crippen LogP contribution is 2.18. The van der Waals surface area contributed by atoms with Gasteiger partial charge in [-0.25, -0.2) is 0 Å². The van der Waals surface area contributed by atoms with Gasteiger partial charge in [0.15, 0.2) is 0 Å². The third-order valence-corrected chi connectivity index (χ3v) is 3.51. The molecule has 5 heteroatoms. The second-order valence-electron chi connectivity index (χ2n) is 4.02. The Morgan fingerprint density at radius 3 is 2.69 bits per heavy atom. The summed E-state index contributed by atoms with van der Waals surface area (Å²) < 4.78 is 2.65. The van der Waals surface area contributed by atoms with Crippen LogP contribution in [0.15, 0.2) is 10.7 Å². The molecule has 0 saturated carbocycles. The number of rotatable bonds is 4. The maximum atomic E-state index is 11.9. The highest BCUT2D eigenvalue weighted by molar-refractivity contribution is 9.10. The molecule has 1 N–H and O–H groups in total. The summed E-state index contributed by atoms with van der Waals surface area (Å²) in [5, 5.41) is 7.13. The number of hydrogen-bond acceptors (Lipinski definition) is 2. The molecule has 2 unspecified atom stereocenters.